The maximum atomic E-state index is 6.05. The van der Waals surface area contributed by atoms with Crippen LogP contribution in [0.2, 0.25) is 0 Å². The third kappa shape index (κ3) is 3.09. The van der Waals surface area contributed by atoms with Gasteiger partial charge in [0.05, 0.1) is 11.7 Å². The van der Waals surface area contributed by atoms with Gasteiger partial charge < -0.3 is 11.1 Å². The molecule has 0 fully saturated rings. The zero-order chi connectivity index (χ0) is 13.7. The highest BCUT2D eigenvalue weighted by Crippen LogP contribution is 2.27. The van der Waals surface area contributed by atoms with E-state index in [-0.39, 0.29) is 6.04 Å². The maximum Gasteiger partial charge on any atom is 0.128 e. The van der Waals surface area contributed by atoms with Gasteiger partial charge in [0, 0.05) is 18.0 Å². The second-order valence-corrected chi connectivity index (χ2v) is 4.57. The first-order valence-corrected chi connectivity index (χ1v) is 6.59. The first-order chi connectivity index (χ1) is 9.24. The molecule has 0 aliphatic carbocycles. The van der Waals surface area contributed by atoms with E-state index >= 15 is 0 Å². The lowest BCUT2D eigenvalue weighted by atomic mass is 9.99. The van der Waals surface area contributed by atoms with Gasteiger partial charge in [-0.15, -0.1) is 0 Å². The number of anilines is 1. The van der Waals surface area contributed by atoms with Crippen LogP contribution < -0.4 is 11.1 Å². The Balaban J connectivity index is 2.43. The van der Waals surface area contributed by atoms with E-state index < -0.39 is 0 Å². The molecule has 4 heteroatoms. The second kappa shape index (κ2) is 6.29. The Bertz CT molecular complexity index is 505. The van der Waals surface area contributed by atoms with Crippen molar-refractivity contribution in [1.29, 1.82) is 0 Å². The van der Waals surface area contributed by atoms with Crippen molar-refractivity contribution in [1.82, 2.24) is 15.3 Å². The summed E-state index contributed by atoms with van der Waals surface area (Å²) in [5, 5.41) is 3.50. The molecule has 0 radical (unpaired) electrons. The molecule has 0 spiro atoms. The van der Waals surface area contributed by atoms with Gasteiger partial charge in [-0.1, -0.05) is 13.0 Å². The van der Waals surface area contributed by atoms with Crippen LogP contribution in [-0.2, 0) is 0 Å². The molecular formula is C15H20N4. The molecule has 0 amide bonds. The molecule has 0 aliphatic heterocycles. The van der Waals surface area contributed by atoms with Gasteiger partial charge in [0.15, 0.2) is 0 Å². The summed E-state index contributed by atoms with van der Waals surface area (Å²) in [7, 11) is 0. The Kier molecular flexibility index (Phi) is 4.47. The van der Waals surface area contributed by atoms with Crippen molar-refractivity contribution in [2.75, 3.05) is 12.3 Å². The number of aromatic nitrogens is 2. The normalized spacial score (nSPS) is 12.3. The van der Waals surface area contributed by atoms with Crippen molar-refractivity contribution < 1.29 is 0 Å². The van der Waals surface area contributed by atoms with Crippen LogP contribution in [0.4, 0.5) is 5.82 Å². The van der Waals surface area contributed by atoms with E-state index in [0.717, 1.165) is 29.8 Å². The first kappa shape index (κ1) is 13.5. The monoisotopic (exact) mass is 256 g/mol. The summed E-state index contributed by atoms with van der Waals surface area (Å²) >= 11 is 0. The number of nitrogens with two attached hydrogens (primary N) is 1. The molecule has 19 heavy (non-hydrogen) atoms. The van der Waals surface area contributed by atoms with Gasteiger partial charge in [0.2, 0.25) is 0 Å². The fourth-order valence-electron chi connectivity index (χ4n) is 2.16. The Morgan fingerprint density at radius 2 is 2.05 bits per heavy atom. The van der Waals surface area contributed by atoms with Gasteiger partial charge in [-0.25, -0.2) is 4.98 Å². The lowest BCUT2D eigenvalue weighted by Gasteiger charge is -2.21. The largest absolute Gasteiger partial charge is 0.383 e. The molecule has 0 aromatic carbocycles. The van der Waals surface area contributed by atoms with Crippen LogP contribution in [0.15, 0.2) is 36.7 Å². The van der Waals surface area contributed by atoms with Crippen molar-refractivity contribution in [3.8, 4) is 0 Å². The summed E-state index contributed by atoms with van der Waals surface area (Å²) in [6.45, 7) is 5.11. The van der Waals surface area contributed by atoms with Gasteiger partial charge in [0.25, 0.3) is 0 Å². The highest BCUT2D eigenvalue weighted by atomic mass is 15.0. The molecule has 4 nitrogen and oxygen atoms in total. The summed E-state index contributed by atoms with van der Waals surface area (Å²) in [6, 6.07) is 7.90. The average Bonchev–Trinajstić information content (AvgIpc) is 2.43. The Hall–Kier alpha value is -1.94. The predicted octanol–water partition coefficient (Wildman–Crippen LogP) is 2.46. The molecule has 0 saturated carbocycles. The standard InChI is InChI=1S/C15H20N4/c1-3-8-18-14(12-6-4-5-9-17-12)13-11(2)7-10-19-15(13)16/h4-7,9-10,14,18H,3,8H2,1-2H3,(H2,16,19). The summed E-state index contributed by atoms with van der Waals surface area (Å²) in [5.41, 5.74) is 9.18. The molecule has 2 rings (SSSR count). The van der Waals surface area contributed by atoms with Gasteiger partial charge in [-0.05, 0) is 43.7 Å². The Labute approximate surface area is 114 Å². The first-order valence-electron chi connectivity index (χ1n) is 6.59. The van der Waals surface area contributed by atoms with Crippen LogP contribution in [0.25, 0.3) is 0 Å². The number of hydrogen-bond acceptors (Lipinski definition) is 4. The van der Waals surface area contributed by atoms with E-state index in [4.69, 9.17) is 5.73 Å². The molecule has 2 aromatic rings. The van der Waals surface area contributed by atoms with E-state index in [1.807, 2.05) is 24.3 Å². The third-order valence-electron chi connectivity index (χ3n) is 3.11. The summed E-state index contributed by atoms with van der Waals surface area (Å²) < 4.78 is 0. The molecule has 1 atom stereocenters. The third-order valence-corrected chi connectivity index (χ3v) is 3.11. The smallest absolute Gasteiger partial charge is 0.128 e. The van der Waals surface area contributed by atoms with Crippen LogP contribution in [0.3, 0.4) is 0 Å². The fraction of sp³-hybridized carbons (Fsp3) is 0.333. The van der Waals surface area contributed by atoms with Crippen LogP contribution in [0.1, 0.15) is 36.2 Å². The van der Waals surface area contributed by atoms with E-state index in [1.54, 1.807) is 12.4 Å². The highest BCUT2D eigenvalue weighted by Gasteiger charge is 2.19. The number of nitrogen functional groups attached to an aromatic ring is 1. The predicted molar refractivity (Wildman–Crippen MR) is 77.8 cm³/mol. The van der Waals surface area contributed by atoms with Crippen LogP contribution in [0.5, 0.6) is 0 Å². The SMILES string of the molecule is CCCNC(c1ccccn1)c1c(C)ccnc1N. The lowest BCUT2D eigenvalue weighted by molar-refractivity contribution is 0.584. The van der Waals surface area contributed by atoms with E-state index in [1.165, 1.54) is 0 Å². The molecule has 2 heterocycles. The van der Waals surface area contributed by atoms with Gasteiger partial charge in [-0.3, -0.25) is 4.98 Å². The minimum absolute atomic E-state index is 0.00477. The zero-order valence-electron chi connectivity index (χ0n) is 11.4. The van der Waals surface area contributed by atoms with Crippen molar-refractivity contribution in [2.45, 2.75) is 26.3 Å². The van der Waals surface area contributed by atoms with Crippen LogP contribution in [0, 0.1) is 6.92 Å². The number of hydrogen-bond donors (Lipinski definition) is 2. The minimum Gasteiger partial charge on any atom is -0.383 e. The summed E-state index contributed by atoms with van der Waals surface area (Å²) in [5.74, 6) is 0.569. The molecule has 1 unspecified atom stereocenters. The maximum absolute atomic E-state index is 6.05. The van der Waals surface area contributed by atoms with Crippen molar-refractivity contribution in [3.63, 3.8) is 0 Å². The summed E-state index contributed by atoms with van der Waals surface area (Å²) in [4.78, 5) is 8.65. The second-order valence-electron chi connectivity index (χ2n) is 4.57. The highest BCUT2D eigenvalue weighted by molar-refractivity contribution is 5.48. The Morgan fingerprint density at radius 1 is 1.21 bits per heavy atom. The Morgan fingerprint density at radius 3 is 2.68 bits per heavy atom. The van der Waals surface area contributed by atoms with Crippen molar-refractivity contribution >= 4 is 5.82 Å². The quantitative estimate of drug-likeness (QED) is 0.862. The fourth-order valence-corrected chi connectivity index (χ4v) is 2.16. The molecular weight excluding hydrogens is 236 g/mol. The number of pyridine rings is 2. The van der Waals surface area contributed by atoms with Crippen LogP contribution >= 0.6 is 0 Å². The van der Waals surface area contributed by atoms with E-state index in [0.29, 0.717) is 5.82 Å². The van der Waals surface area contributed by atoms with Crippen molar-refractivity contribution in [3.05, 3.63) is 53.5 Å². The van der Waals surface area contributed by atoms with E-state index in [9.17, 15) is 0 Å². The molecule has 0 aliphatic rings. The number of aryl methyl sites for hydroxylation is 1. The zero-order valence-corrected chi connectivity index (χ0v) is 11.4. The van der Waals surface area contributed by atoms with E-state index in [2.05, 4.69) is 29.1 Å². The number of nitrogens with one attached hydrogen (secondary N) is 1. The number of rotatable bonds is 5. The summed E-state index contributed by atoms with van der Waals surface area (Å²) in [6.07, 6.45) is 4.60. The molecule has 3 N–H and O–H groups in total. The average molecular weight is 256 g/mol. The molecule has 100 valence electrons. The topological polar surface area (TPSA) is 63.8 Å². The van der Waals surface area contributed by atoms with Crippen molar-refractivity contribution in [2.24, 2.45) is 0 Å². The molecule has 0 bridgehead atoms. The molecule has 2 aromatic heterocycles. The van der Waals surface area contributed by atoms with Gasteiger partial charge in [0.1, 0.15) is 5.82 Å². The minimum atomic E-state index is -0.00477. The van der Waals surface area contributed by atoms with Crippen LogP contribution in [-0.4, -0.2) is 16.5 Å². The molecule has 0 saturated heterocycles. The lowest BCUT2D eigenvalue weighted by Crippen LogP contribution is -2.26. The van der Waals surface area contributed by atoms with Gasteiger partial charge in [-0.2, -0.15) is 0 Å². The number of nitrogens with zero attached hydrogens (tertiary/aromatic N) is 2. The van der Waals surface area contributed by atoms with Gasteiger partial charge >= 0.3 is 0 Å².